The molecule has 1 fully saturated rings. The Balaban J connectivity index is 1.92. The van der Waals surface area contributed by atoms with Crippen LogP contribution < -0.4 is 4.74 Å². The van der Waals surface area contributed by atoms with Gasteiger partial charge in [-0.3, -0.25) is 5.10 Å². The van der Waals surface area contributed by atoms with E-state index in [0.29, 0.717) is 17.4 Å². The van der Waals surface area contributed by atoms with E-state index in [2.05, 4.69) is 20.2 Å². The maximum atomic E-state index is 9.69. The molecule has 0 radical (unpaired) electrons. The molecule has 2 heterocycles. The monoisotopic (exact) mass is 220 g/mol. The summed E-state index contributed by atoms with van der Waals surface area (Å²) >= 11 is 0. The number of aromatic amines is 1. The summed E-state index contributed by atoms with van der Waals surface area (Å²) in [6.45, 7) is 2.07. The fraction of sp³-hybridized carbons (Fsp3) is 0.500. The largest absolute Gasteiger partial charge is 0.474 e. The quantitative estimate of drug-likeness (QED) is 0.789. The first kappa shape index (κ1) is 9.53. The molecule has 1 aliphatic rings. The summed E-state index contributed by atoms with van der Waals surface area (Å²) in [6.07, 6.45) is 3.22. The minimum atomic E-state index is -0.644. The standard InChI is InChI=1S/C10H12N4O2/c1-6-12-8-7(4-11-14-8)9(13-6)16-5-10(15)2-3-10/h4,15H,2-3,5H2,1H3,(H,11,12,13,14). The lowest BCUT2D eigenvalue weighted by Crippen LogP contribution is -2.19. The first-order valence-electron chi connectivity index (χ1n) is 5.19. The van der Waals surface area contributed by atoms with Crippen LogP contribution in [0.25, 0.3) is 11.0 Å². The lowest BCUT2D eigenvalue weighted by atomic mass is 10.3. The van der Waals surface area contributed by atoms with Gasteiger partial charge in [0.25, 0.3) is 0 Å². The molecule has 84 valence electrons. The average Bonchev–Trinajstić information content (AvgIpc) is 2.79. The van der Waals surface area contributed by atoms with E-state index in [1.54, 1.807) is 13.1 Å². The molecule has 0 saturated heterocycles. The van der Waals surface area contributed by atoms with Crippen molar-refractivity contribution in [3.05, 3.63) is 12.0 Å². The van der Waals surface area contributed by atoms with Crippen molar-refractivity contribution in [2.24, 2.45) is 0 Å². The number of aliphatic hydroxyl groups is 1. The number of ether oxygens (including phenoxy) is 1. The fourth-order valence-electron chi connectivity index (χ4n) is 1.52. The number of aromatic nitrogens is 4. The predicted octanol–water partition coefficient (Wildman–Crippen LogP) is 0.565. The Hall–Kier alpha value is -1.69. The van der Waals surface area contributed by atoms with Gasteiger partial charge in [0, 0.05) is 0 Å². The van der Waals surface area contributed by atoms with Gasteiger partial charge in [-0.15, -0.1) is 0 Å². The highest BCUT2D eigenvalue weighted by Gasteiger charge is 2.41. The molecule has 3 rings (SSSR count). The third-order valence-electron chi connectivity index (χ3n) is 2.69. The van der Waals surface area contributed by atoms with Crippen LogP contribution in [0.2, 0.25) is 0 Å². The van der Waals surface area contributed by atoms with E-state index < -0.39 is 5.60 Å². The third-order valence-corrected chi connectivity index (χ3v) is 2.69. The Kier molecular flexibility index (Phi) is 1.88. The topological polar surface area (TPSA) is 83.9 Å². The Morgan fingerprint density at radius 1 is 1.50 bits per heavy atom. The molecule has 0 bridgehead atoms. The average molecular weight is 220 g/mol. The number of rotatable bonds is 3. The van der Waals surface area contributed by atoms with E-state index in [9.17, 15) is 5.11 Å². The number of fused-ring (bicyclic) bond motifs is 1. The first-order valence-corrected chi connectivity index (χ1v) is 5.19. The second-order valence-corrected chi connectivity index (χ2v) is 4.22. The summed E-state index contributed by atoms with van der Waals surface area (Å²) < 4.78 is 5.52. The lowest BCUT2D eigenvalue weighted by molar-refractivity contribution is 0.0840. The van der Waals surface area contributed by atoms with Crippen molar-refractivity contribution >= 4 is 11.0 Å². The van der Waals surface area contributed by atoms with Crippen molar-refractivity contribution in [1.82, 2.24) is 20.2 Å². The van der Waals surface area contributed by atoms with Crippen molar-refractivity contribution in [2.45, 2.75) is 25.4 Å². The minimum Gasteiger partial charge on any atom is -0.474 e. The van der Waals surface area contributed by atoms with Crippen LogP contribution in [0, 0.1) is 6.92 Å². The zero-order valence-electron chi connectivity index (χ0n) is 8.90. The molecule has 0 aromatic carbocycles. The second-order valence-electron chi connectivity index (χ2n) is 4.22. The van der Waals surface area contributed by atoms with Gasteiger partial charge in [-0.2, -0.15) is 10.1 Å². The van der Waals surface area contributed by atoms with Crippen molar-refractivity contribution in [2.75, 3.05) is 6.61 Å². The molecular formula is C10H12N4O2. The summed E-state index contributed by atoms with van der Waals surface area (Å²) in [5.74, 6) is 1.10. The van der Waals surface area contributed by atoms with Gasteiger partial charge in [-0.05, 0) is 19.8 Å². The van der Waals surface area contributed by atoms with E-state index >= 15 is 0 Å². The summed E-state index contributed by atoms with van der Waals surface area (Å²) in [4.78, 5) is 8.38. The normalized spacial score (nSPS) is 17.6. The summed E-state index contributed by atoms with van der Waals surface area (Å²) in [5, 5.41) is 17.1. The van der Waals surface area contributed by atoms with Gasteiger partial charge in [-0.1, -0.05) is 0 Å². The zero-order chi connectivity index (χ0) is 11.2. The zero-order valence-corrected chi connectivity index (χ0v) is 8.90. The number of hydrogen-bond acceptors (Lipinski definition) is 5. The molecular weight excluding hydrogens is 208 g/mol. The van der Waals surface area contributed by atoms with Crippen molar-refractivity contribution in [3.63, 3.8) is 0 Å². The van der Waals surface area contributed by atoms with Gasteiger partial charge >= 0.3 is 0 Å². The fourth-order valence-corrected chi connectivity index (χ4v) is 1.52. The molecule has 2 N–H and O–H groups in total. The molecule has 16 heavy (non-hydrogen) atoms. The Labute approximate surface area is 91.7 Å². The number of nitrogens with zero attached hydrogens (tertiary/aromatic N) is 3. The van der Waals surface area contributed by atoms with Crippen LogP contribution in [-0.2, 0) is 0 Å². The van der Waals surface area contributed by atoms with Crippen LogP contribution in [0.15, 0.2) is 6.20 Å². The molecule has 1 saturated carbocycles. The van der Waals surface area contributed by atoms with Crippen LogP contribution in [0.4, 0.5) is 0 Å². The van der Waals surface area contributed by atoms with E-state index in [-0.39, 0.29) is 6.61 Å². The van der Waals surface area contributed by atoms with Gasteiger partial charge in [0.2, 0.25) is 5.88 Å². The highest BCUT2D eigenvalue weighted by molar-refractivity contribution is 5.79. The third kappa shape index (κ3) is 1.61. The minimum absolute atomic E-state index is 0.281. The second kappa shape index (κ2) is 3.15. The van der Waals surface area contributed by atoms with Gasteiger partial charge < -0.3 is 9.84 Å². The number of hydrogen-bond donors (Lipinski definition) is 2. The summed E-state index contributed by atoms with van der Waals surface area (Å²) in [6, 6.07) is 0. The van der Waals surface area contributed by atoms with Gasteiger partial charge in [0.1, 0.15) is 17.8 Å². The molecule has 0 atom stereocenters. The summed E-state index contributed by atoms with van der Waals surface area (Å²) in [5.41, 5.74) is 0.0137. The van der Waals surface area contributed by atoms with Crippen LogP contribution in [0.5, 0.6) is 5.88 Å². The van der Waals surface area contributed by atoms with Crippen LogP contribution in [-0.4, -0.2) is 37.5 Å². The van der Waals surface area contributed by atoms with Crippen molar-refractivity contribution in [3.8, 4) is 5.88 Å². The van der Waals surface area contributed by atoms with Crippen molar-refractivity contribution < 1.29 is 9.84 Å². The van der Waals surface area contributed by atoms with E-state index in [1.807, 2.05) is 0 Å². The molecule has 2 aromatic heterocycles. The molecule has 0 spiro atoms. The molecule has 6 nitrogen and oxygen atoms in total. The van der Waals surface area contributed by atoms with E-state index in [1.165, 1.54) is 0 Å². The molecule has 6 heteroatoms. The molecule has 0 amide bonds. The maximum Gasteiger partial charge on any atom is 0.228 e. The molecule has 1 aliphatic carbocycles. The predicted molar refractivity (Wildman–Crippen MR) is 56.1 cm³/mol. The number of nitrogens with one attached hydrogen (secondary N) is 1. The smallest absolute Gasteiger partial charge is 0.228 e. The molecule has 0 aliphatic heterocycles. The van der Waals surface area contributed by atoms with E-state index in [0.717, 1.165) is 18.2 Å². The van der Waals surface area contributed by atoms with Crippen LogP contribution in [0.3, 0.4) is 0 Å². The Morgan fingerprint density at radius 3 is 3.06 bits per heavy atom. The van der Waals surface area contributed by atoms with Crippen LogP contribution >= 0.6 is 0 Å². The highest BCUT2D eigenvalue weighted by atomic mass is 16.5. The van der Waals surface area contributed by atoms with Crippen LogP contribution in [0.1, 0.15) is 18.7 Å². The van der Waals surface area contributed by atoms with Gasteiger partial charge in [0.15, 0.2) is 5.65 Å². The lowest BCUT2D eigenvalue weighted by Gasteiger charge is -2.10. The molecule has 0 unspecified atom stereocenters. The SMILES string of the molecule is Cc1nc(OCC2(O)CC2)c2cn[nH]c2n1. The Morgan fingerprint density at radius 2 is 2.31 bits per heavy atom. The molecule has 2 aromatic rings. The van der Waals surface area contributed by atoms with Crippen molar-refractivity contribution in [1.29, 1.82) is 0 Å². The highest BCUT2D eigenvalue weighted by Crippen LogP contribution is 2.35. The number of H-pyrrole nitrogens is 1. The Bertz CT molecular complexity index is 533. The maximum absolute atomic E-state index is 9.69. The van der Waals surface area contributed by atoms with Gasteiger partial charge in [0.05, 0.1) is 11.8 Å². The van der Waals surface area contributed by atoms with Gasteiger partial charge in [-0.25, -0.2) is 4.98 Å². The van der Waals surface area contributed by atoms with E-state index in [4.69, 9.17) is 4.74 Å². The first-order chi connectivity index (χ1) is 7.66. The summed E-state index contributed by atoms with van der Waals surface area (Å²) in [7, 11) is 0. The number of aryl methyl sites for hydroxylation is 1.